The topological polar surface area (TPSA) is 73.6 Å². The second-order valence-corrected chi connectivity index (χ2v) is 4.24. The summed E-state index contributed by atoms with van der Waals surface area (Å²) in [6.07, 6.45) is -0.653. The number of methoxy groups -OCH3 is 2. The number of carbonyl (C=O) groups excluding carboxylic acids is 1. The van der Waals surface area contributed by atoms with Crippen LogP contribution in [-0.2, 0) is 9.53 Å². The lowest BCUT2D eigenvalue weighted by atomic mass is 10.2. The minimum atomic E-state index is -0.653. The molecule has 1 rings (SSSR count). The lowest BCUT2D eigenvalue weighted by Crippen LogP contribution is -2.35. The molecule has 3 N–H and O–H groups in total. The molecule has 5 nitrogen and oxygen atoms in total. The van der Waals surface area contributed by atoms with Crippen molar-refractivity contribution in [1.82, 2.24) is 0 Å². The number of nitrogens with one attached hydrogen (secondary N) is 1. The molecule has 0 fully saturated rings. The molecule has 17 heavy (non-hydrogen) atoms. The average Bonchev–Trinajstić information content (AvgIpc) is 2.29. The standard InChI is InChI=1S/C11H15BrN2O3/c1-16-9-4-7(12)3-8(5-9)14-11(15)10(6-13)17-2/h3-5,10H,6,13H2,1-2H3,(H,14,15). The van der Waals surface area contributed by atoms with Crippen LogP contribution >= 0.6 is 15.9 Å². The van der Waals surface area contributed by atoms with Crippen LogP contribution in [0.3, 0.4) is 0 Å². The van der Waals surface area contributed by atoms with E-state index in [0.717, 1.165) is 4.47 Å². The fourth-order valence-corrected chi connectivity index (χ4v) is 1.76. The Morgan fingerprint density at radius 1 is 1.47 bits per heavy atom. The maximum absolute atomic E-state index is 11.7. The Morgan fingerprint density at radius 3 is 2.71 bits per heavy atom. The number of amides is 1. The van der Waals surface area contributed by atoms with E-state index < -0.39 is 6.10 Å². The molecule has 6 heteroatoms. The molecule has 0 aliphatic rings. The number of ether oxygens (including phenoxy) is 2. The first-order chi connectivity index (χ1) is 8.10. The Hall–Kier alpha value is -1.11. The van der Waals surface area contributed by atoms with Crippen LogP contribution < -0.4 is 15.8 Å². The fraction of sp³-hybridized carbons (Fsp3) is 0.364. The van der Waals surface area contributed by atoms with Crippen LogP contribution in [0.1, 0.15) is 0 Å². The summed E-state index contributed by atoms with van der Waals surface area (Å²) < 4.78 is 10.8. The third-order valence-electron chi connectivity index (χ3n) is 2.17. The third-order valence-corrected chi connectivity index (χ3v) is 2.62. The first-order valence-electron chi connectivity index (χ1n) is 4.99. The Balaban J connectivity index is 2.80. The van der Waals surface area contributed by atoms with Crippen molar-refractivity contribution in [3.8, 4) is 5.75 Å². The normalized spacial score (nSPS) is 12.0. The van der Waals surface area contributed by atoms with Gasteiger partial charge in [0.2, 0.25) is 0 Å². The van der Waals surface area contributed by atoms with E-state index in [-0.39, 0.29) is 12.5 Å². The van der Waals surface area contributed by atoms with Crippen molar-refractivity contribution in [3.05, 3.63) is 22.7 Å². The summed E-state index contributed by atoms with van der Waals surface area (Å²) in [6.45, 7) is 0.132. The SMILES string of the molecule is COc1cc(Br)cc(NC(=O)C(CN)OC)c1. The van der Waals surface area contributed by atoms with Crippen molar-refractivity contribution in [2.45, 2.75) is 6.10 Å². The molecule has 0 aromatic heterocycles. The van der Waals surface area contributed by atoms with Gasteiger partial charge in [-0.1, -0.05) is 15.9 Å². The largest absolute Gasteiger partial charge is 0.497 e. The van der Waals surface area contributed by atoms with Crippen LogP contribution in [0.2, 0.25) is 0 Å². The quantitative estimate of drug-likeness (QED) is 0.861. The average molecular weight is 303 g/mol. The molecular formula is C11H15BrN2O3. The molecule has 1 amide bonds. The highest BCUT2D eigenvalue weighted by molar-refractivity contribution is 9.10. The first-order valence-corrected chi connectivity index (χ1v) is 5.78. The minimum Gasteiger partial charge on any atom is -0.497 e. The Bertz CT molecular complexity index is 394. The van der Waals surface area contributed by atoms with E-state index in [1.54, 1.807) is 25.3 Å². The summed E-state index contributed by atoms with van der Waals surface area (Å²) in [5, 5.41) is 2.71. The van der Waals surface area contributed by atoms with Crippen LogP contribution in [0.15, 0.2) is 22.7 Å². The van der Waals surface area contributed by atoms with Crippen LogP contribution in [-0.4, -0.2) is 32.8 Å². The molecule has 0 radical (unpaired) electrons. The number of rotatable bonds is 5. The molecule has 0 aliphatic heterocycles. The highest BCUT2D eigenvalue weighted by Gasteiger charge is 2.16. The fourth-order valence-electron chi connectivity index (χ4n) is 1.29. The number of benzene rings is 1. The van der Waals surface area contributed by atoms with Gasteiger partial charge in [0, 0.05) is 29.9 Å². The Kier molecular flexibility index (Phi) is 5.40. The van der Waals surface area contributed by atoms with Crippen LogP contribution in [0.4, 0.5) is 5.69 Å². The zero-order valence-corrected chi connectivity index (χ0v) is 11.3. The van der Waals surface area contributed by atoms with Crippen LogP contribution in [0.5, 0.6) is 5.75 Å². The number of nitrogens with two attached hydrogens (primary N) is 1. The summed E-state index contributed by atoms with van der Waals surface area (Å²) in [5.41, 5.74) is 6.03. The van der Waals surface area contributed by atoms with Gasteiger partial charge in [-0.25, -0.2) is 0 Å². The summed E-state index contributed by atoms with van der Waals surface area (Å²) in [6, 6.07) is 5.28. The first kappa shape index (κ1) is 14.0. The van der Waals surface area contributed by atoms with E-state index in [4.69, 9.17) is 15.2 Å². The Morgan fingerprint density at radius 2 is 2.18 bits per heavy atom. The van der Waals surface area contributed by atoms with Gasteiger partial charge in [0.1, 0.15) is 11.9 Å². The smallest absolute Gasteiger partial charge is 0.254 e. The number of carbonyl (C=O) groups is 1. The van der Waals surface area contributed by atoms with Crippen molar-refractivity contribution in [3.63, 3.8) is 0 Å². The summed E-state index contributed by atoms with van der Waals surface area (Å²) >= 11 is 3.33. The van der Waals surface area contributed by atoms with Gasteiger partial charge >= 0.3 is 0 Å². The molecule has 94 valence electrons. The molecule has 0 aliphatic carbocycles. The molecule has 1 unspecified atom stereocenters. The van der Waals surface area contributed by atoms with Crippen LogP contribution in [0.25, 0.3) is 0 Å². The predicted octanol–water partition coefficient (Wildman–Crippen LogP) is 1.37. The molecule has 0 heterocycles. The van der Waals surface area contributed by atoms with E-state index in [1.807, 2.05) is 0 Å². The van der Waals surface area contributed by atoms with Gasteiger partial charge in [-0.05, 0) is 12.1 Å². The van der Waals surface area contributed by atoms with Crippen molar-refractivity contribution in [2.75, 3.05) is 26.1 Å². The molecular weight excluding hydrogens is 288 g/mol. The highest BCUT2D eigenvalue weighted by Crippen LogP contribution is 2.24. The van der Waals surface area contributed by atoms with Crippen molar-refractivity contribution in [1.29, 1.82) is 0 Å². The number of hydrogen-bond acceptors (Lipinski definition) is 4. The van der Waals surface area contributed by atoms with E-state index in [1.165, 1.54) is 7.11 Å². The molecule has 1 aromatic rings. The predicted molar refractivity (Wildman–Crippen MR) is 69.2 cm³/mol. The van der Waals surface area contributed by atoms with E-state index in [9.17, 15) is 4.79 Å². The summed E-state index contributed by atoms with van der Waals surface area (Å²) in [4.78, 5) is 11.7. The molecule has 1 atom stereocenters. The highest BCUT2D eigenvalue weighted by atomic mass is 79.9. The number of hydrogen-bond donors (Lipinski definition) is 2. The van der Waals surface area contributed by atoms with Crippen molar-refractivity contribution < 1.29 is 14.3 Å². The van der Waals surface area contributed by atoms with Gasteiger partial charge < -0.3 is 20.5 Å². The second-order valence-electron chi connectivity index (χ2n) is 3.33. The maximum Gasteiger partial charge on any atom is 0.254 e. The number of halogens is 1. The lowest BCUT2D eigenvalue weighted by Gasteiger charge is -2.13. The van der Waals surface area contributed by atoms with E-state index in [2.05, 4.69) is 21.2 Å². The third kappa shape index (κ3) is 3.99. The molecule has 0 saturated heterocycles. The summed E-state index contributed by atoms with van der Waals surface area (Å²) in [7, 11) is 3.00. The summed E-state index contributed by atoms with van der Waals surface area (Å²) in [5.74, 6) is 0.367. The lowest BCUT2D eigenvalue weighted by molar-refractivity contribution is -0.125. The van der Waals surface area contributed by atoms with Gasteiger partial charge in [-0.2, -0.15) is 0 Å². The zero-order valence-electron chi connectivity index (χ0n) is 9.70. The minimum absolute atomic E-state index is 0.132. The van der Waals surface area contributed by atoms with E-state index >= 15 is 0 Å². The molecule has 0 saturated carbocycles. The van der Waals surface area contributed by atoms with Gasteiger partial charge in [-0.3, -0.25) is 4.79 Å². The number of anilines is 1. The van der Waals surface area contributed by atoms with E-state index in [0.29, 0.717) is 11.4 Å². The van der Waals surface area contributed by atoms with Gasteiger partial charge in [0.25, 0.3) is 5.91 Å². The van der Waals surface area contributed by atoms with Gasteiger partial charge in [0.15, 0.2) is 0 Å². The molecule has 1 aromatic carbocycles. The maximum atomic E-state index is 11.7. The second kappa shape index (κ2) is 6.58. The van der Waals surface area contributed by atoms with Crippen molar-refractivity contribution in [2.24, 2.45) is 5.73 Å². The molecule has 0 bridgehead atoms. The van der Waals surface area contributed by atoms with Crippen LogP contribution in [0, 0.1) is 0 Å². The molecule has 0 spiro atoms. The Labute approximate surface area is 108 Å². The van der Waals surface area contributed by atoms with Crippen molar-refractivity contribution >= 4 is 27.5 Å². The zero-order chi connectivity index (χ0) is 12.8. The van der Waals surface area contributed by atoms with Gasteiger partial charge in [0.05, 0.1) is 7.11 Å². The van der Waals surface area contributed by atoms with Gasteiger partial charge in [-0.15, -0.1) is 0 Å². The monoisotopic (exact) mass is 302 g/mol.